The van der Waals surface area contributed by atoms with E-state index < -0.39 is 0 Å². The van der Waals surface area contributed by atoms with Crippen LogP contribution in [0.25, 0.3) is 0 Å². The summed E-state index contributed by atoms with van der Waals surface area (Å²) in [5, 5.41) is 8.78. The Morgan fingerprint density at radius 1 is 1.00 bits per heavy atom. The first kappa shape index (κ1) is 21.9. The van der Waals surface area contributed by atoms with Crippen LogP contribution in [-0.4, -0.2) is 46.8 Å². The summed E-state index contributed by atoms with van der Waals surface area (Å²) in [5.74, 6) is 0.853. The Morgan fingerprint density at radius 3 is 2.48 bits per heavy atom. The molecule has 5 rings (SSSR count). The summed E-state index contributed by atoms with van der Waals surface area (Å²) in [4.78, 5) is 18.1. The van der Waals surface area contributed by atoms with Gasteiger partial charge < -0.3 is 15.1 Å². The van der Waals surface area contributed by atoms with E-state index in [4.69, 9.17) is 23.2 Å². The zero-order chi connectivity index (χ0) is 23.1. The van der Waals surface area contributed by atoms with Crippen LogP contribution in [-0.2, 0) is 4.79 Å². The molecule has 8 heteroatoms. The van der Waals surface area contributed by atoms with Gasteiger partial charge in [-0.05, 0) is 43.2 Å². The smallest absolute Gasteiger partial charge is 0.254 e. The van der Waals surface area contributed by atoms with Crippen molar-refractivity contribution in [1.82, 2.24) is 14.7 Å². The van der Waals surface area contributed by atoms with Gasteiger partial charge in [-0.3, -0.25) is 4.79 Å². The highest BCUT2D eigenvalue weighted by Gasteiger charge is 2.36. The molecule has 0 radical (unpaired) electrons. The van der Waals surface area contributed by atoms with Crippen LogP contribution in [0.5, 0.6) is 0 Å². The summed E-state index contributed by atoms with van der Waals surface area (Å²) in [5.41, 5.74) is 4.85. The average Bonchev–Trinajstić information content (AvgIpc) is 3.28. The fraction of sp³-hybridized carbons (Fsp3) is 0.280. The molecule has 1 atom stereocenters. The highest BCUT2D eigenvalue weighted by atomic mass is 35.5. The van der Waals surface area contributed by atoms with Crippen LogP contribution in [0.1, 0.15) is 24.1 Å². The van der Waals surface area contributed by atoms with Gasteiger partial charge in [0.1, 0.15) is 11.9 Å². The Hall–Kier alpha value is -2.96. The minimum atomic E-state index is -0.382. The summed E-state index contributed by atoms with van der Waals surface area (Å²) >= 11 is 12.5. The van der Waals surface area contributed by atoms with Crippen LogP contribution in [0.4, 0.5) is 11.5 Å². The number of carbonyl (C=O) groups excluding carboxylic acids is 1. The van der Waals surface area contributed by atoms with Gasteiger partial charge in [0, 0.05) is 43.6 Å². The summed E-state index contributed by atoms with van der Waals surface area (Å²) in [6, 6.07) is 15.4. The van der Waals surface area contributed by atoms with Gasteiger partial charge >= 0.3 is 0 Å². The first-order chi connectivity index (χ1) is 15.9. The second-order valence-corrected chi connectivity index (χ2v) is 9.28. The first-order valence-corrected chi connectivity index (χ1v) is 11.8. The van der Waals surface area contributed by atoms with Crippen LogP contribution in [0.3, 0.4) is 0 Å². The van der Waals surface area contributed by atoms with E-state index in [2.05, 4.69) is 46.5 Å². The van der Waals surface area contributed by atoms with E-state index in [9.17, 15) is 4.79 Å². The normalized spacial score (nSPS) is 18.2. The fourth-order valence-corrected chi connectivity index (χ4v) is 5.02. The molecule has 1 amide bonds. The van der Waals surface area contributed by atoms with Crippen LogP contribution in [0.15, 0.2) is 66.0 Å². The van der Waals surface area contributed by atoms with Gasteiger partial charge in [-0.1, -0.05) is 47.5 Å². The van der Waals surface area contributed by atoms with Crippen molar-refractivity contribution >= 4 is 40.6 Å². The molecule has 0 aliphatic carbocycles. The second-order valence-electron chi connectivity index (χ2n) is 8.47. The highest BCUT2D eigenvalue weighted by molar-refractivity contribution is 6.42. The summed E-state index contributed by atoms with van der Waals surface area (Å²) < 4.78 is 1.84. The SMILES string of the molecule is CC1=C(C(=O)N2CCN(c3ccccc3C)CC2)C(c2ccc(Cl)c(Cl)c2)n2nccc2N1. The number of benzene rings is 2. The van der Waals surface area contributed by atoms with Gasteiger partial charge in [-0.25, -0.2) is 4.68 Å². The standard InChI is InChI=1S/C25H25Cl2N5O/c1-16-5-3-4-6-21(16)30-11-13-31(14-12-30)25(33)23-17(2)29-22-9-10-28-32(22)24(23)18-7-8-19(26)20(27)15-18/h3-10,15,24,29H,11-14H2,1-2H3. The lowest BCUT2D eigenvalue weighted by Gasteiger charge is -2.39. The van der Waals surface area contributed by atoms with Gasteiger partial charge in [0.25, 0.3) is 5.91 Å². The summed E-state index contributed by atoms with van der Waals surface area (Å²) in [6.07, 6.45) is 1.73. The zero-order valence-corrected chi connectivity index (χ0v) is 20.1. The Labute approximate surface area is 203 Å². The Morgan fingerprint density at radius 2 is 1.76 bits per heavy atom. The van der Waals surface area contributed by atoms with Crippen molar-refractivity contribution in [3.8, 4) is 0 Å². The molecule has 1 fully saturated rings. The molecular formula is C25H25Cl2N5O. The Balaban J connectivity index is 1.44. The van der Waals surface area contributed by atoms with Crippen molar-refractivity contribution < 1.29 is 4.79 Å². The van der Waals surface area contributed by atoms with Gasteiger partial charge in [0.15, 0.2) is 0 Å². The average molecular weight is 482 g/mol. The number of piperazine rings is 1. The molecule has 170 valence electrons. The molecule has 3 aromatic rings. The molecule has 2 aliphatic rings. The molecule has 0 saturated carbocycles. The number of nitrogens with zero attached hydrogens (tertiary/aromatic N) is 4. The number of carbonyl (C=O) groups is 1. The molecule has 1 aromatic heterocycles. The number of rotatable bonds is 3. The lowest BCUT2D eigenvalue weighted by molar-refractivity contribution is -0.127. The second kappa shape index (κ2) is 8.76. The van der Waals surface area contributed by atoms with Crippen molar-refractivity contribution in [3.05, 3.63) is 87.2 Å². The number of aromatic nitrogens is 2. The van der Waals surface area contributed by atoms with Crippen molar-refractivity contribution in [1.29, 1.82) is 0 Å². The topological polar surface area (TPSA) is 53.4 Å². The molecule has 1 unspecified atom stereocenters. The lowest BCUT2D eigenvalue weighted by Crippen LogP contribution is -2.50. The molecule has 1 saturated heterocycles. The van der Waals surface area contributed by atoms with Crippen LogP contribution in [0.2, 0.25) is 10.0 Å². The molecule has 0 spiro atoms. The third kappa shape index (κ3) is 3.98. The van der Waals surface area contributed by atoms with E-state index in [0.29, 0.717) is 28.7 Å². The Bertz CT molecular complexity index is 1240. The number of nitrogens with one attached hydrogen (secondary N) is 1. The molecular weight excluding hydrogens is 457 g/mol. The van der Waals surface area contributed by atoms with Crippen LogP contribution >= 0.6 is 23.2 Å². The van der Waals surface area contributed by atoms with Crippen molar-refractivity contribution in [2.24, 2.45) is 0 Å². The number of fused-ring (bicyclic) bond motifs is 1. The third-order valence-corrected chi connectivity index (χ3v) is 7.16. The number of hydrogen-bond acceptors (Lipinski definition) is 4. The molecule has 6 nitrogen and oxygen atoms in total. The predicted molar refractivity (Wildman–Crippen MR) is 133 cm³/mol. The van der Waals surface area contributed by atoms with Crippen LogP contribution < -0.4 is 10.2 Å². The largest absolute Gasteiger partial charge is 0.368 e. The van der Waals surface area contributed by atoms with E-state index in [1.165, 1.54) is 11.3 Å². The van der Waals surface area contributed by atoms with Gasteiger partial charge in [-0.15, -0.1) is 0 Å². The van der Waals surface area contributed by atoms with E-state index in [-0.39, 0.29) is 11.9 Å². The molecule has 33 heavy (non-hydrogen) atoms. The summed E-state index contributed by atoms with van der Waals surface area (Å²) in [6.45, 7) is 6.96. The van der Waals surface area contributed by atoms with Crippen LogP contribution in [0, 0.1) is 6.92 Å². The molecule has 2 aromatic carbocycles. The van der Waals surface area contributed by atoms with E-state index in [0.717, 1.165) is 30.2 Å². The van der Waals surface area contributed by atoms with E-state index >= 15 is 0 Å². The van der Waals surface area contributed by atoms with E-state index in [1.54, 1.807) is 12.3 Å². The summed E-state index contributed by atoms with van der Waals surface area (Å²) in [7, 11) is 0. The number of amides is 1. The monoisotopic (exact) mass is 481 g/mol. The number of anilines is 2. The maximum atomic E-state index is 13.9. The molecule has 2 aliphatic heterocycles. The van der Waals surface area contributed by atoms with E-state index in [1.807, 2.05) is 34.7 Å². The maximum absolute atomic E-state index is 13.9. The first-order valence-electron chi connectivity index (χ1n) is 11.0. The number of para-hydroxylation sites is 1. The quantitative estimate of drug-likeness (QED) is 0.562. The zero-order valence-electron chi connectivity index (χ0n) is 18.6. The van der Waals surface area contributed by atoms with Crippen molar-refractivity contribution in [2.45, 2.75) is 19.9 Å². The molecule has 0 bridgehead atoms. The predicted octanol–water partition coefficient (Wildman–Crippen LogP) is 5.14. The molecule has 1 N–H and O–H groups in total. The van der Waals surface area contributed by atoms with Gasteiger partial charge in [-0.2, -0.15) is 5.10 Å². The lowest BCUT2D eigenvalue weighted by atomic mass is 9.94. The molecule has 3 heterocycles. The third-order valence-electron chi connectivity index (χ3n) is 6.42. The van der Waals surface area contributed by atoms with Crippen molar-refractivity contribution in [3.63, 3.8) is 0 Å². The minimum absolute atomic E-state index is 0.0154. The highest BCUT2D eigenvalue weighted by Crippen LogP contribution is 2.38. The van der Waals surface area contributed by atoms with Gasteiger partial charge in [0.05, 0.1) is 21.8 Å². The number of hydrogen-bond donors (Lipinski definition) is 1. The number of aryl methyl sites for hydroxylation is 1. The minimum Gasteiger partial charge on any atom is -0.368 e. The fourth-order valence-electron chi connectivity index (χ4n) is 4.71. The number of halogens is 2. The maximum Gasteiger partial charge on any atom is 0.254 e. The van der Waals surface area contributed by atoms with Crippen molar-refractivity contribution in [2.75, 3.05) is 36.4 Å². The number of allylic oxidation sites excluding steroid dienone is 1. The Kier molecular flexibility index (Phi) is 5.81. The van der Waals surface area contributed by atoms with Gasteiger partial charge in [0.2, 0.25) is 0 Å².